The number of Topliss-reactive ketones (excluding diaryl/α,β-unsaturated/α-hetero) is 1. The molecule has 1 N–H and O–H groups in total. The molecule has 0 spiro atoms. The molecule has 0 amide bonds. The molecule has 1 fully saturated rings. The number of hydrogen-bond acceptors (Lipinski definition) is 6. The molecule has 4 rings (SSSR count). The van der Waals surface area contributed by atoms with Gasteiger partial charge in [0.05, 0.1) is 12.8 Å². The minimum absolute atomic E-state index is 0.182. The van der Waals surface area contributed by atoms with Gasteiger partial charge in [-0.15, -0.1) is 0 Å². The van der Waals surface area contributed by atoms with Crippen molar-refractivity contribution in [3.8, 4) is 5.75 Å². The number of halogens is 2. The van der Waals surface area contributed by atoms with Gasteiger partial charge in [-0.25, -0.2) is 4.98 Å². The summed E-state index contributed by atoms with van der Waals surface area (Å²) in [6.45, 7) is 0.530. The Labute approximate surface area is 182 Å². The summed E-state index contributed by atoms with van der Waals surface area (Å²) >= 11 is 9.35. The quantitative estimate of drug-likeness (QED) is 0.669. The highest BCUT2D eigenvalue weighted by Crippen LogP contribution is 2.40. The fourth-order valence-corrected chi connectivity index (χ4v) is 4.24. The molecule has 0 saturated carbocycles. The number of fused-ring (bicyclic) bond motifs is 1. The Morgan fingerprint density at radius 1 is 1.34 bits per heavy atom. The number of carbonyl (C=O) groups excluding carboxylic acids is 1. The van der Waals surface area contributed by atoms with Gasteiger partial charge >= 0.3 is 0 Å². The second-order valence-electron chi connectivity index (χ2n) is 6.84. The highest BCUT2D eigenvalue weighted by atomic mass is 79.9. The van der Waals surface area contributed by atoms with Gasteiger partial charge < -0.3 is 14.8 Å². The van der Waals surface area contributed by atoms with E-state index >= 15 is 0 Å². The van der Waals surface area contributed by atoms with Crippen molar-refractivity contribution in [3.05, 3.63) is 81.2 Å². The monoisotopic (exact) mass is 475 g/mol. The molecule has 1 aromatic heterocycles. The van der Waals surface area contributed by atoms with E-state index in [1.807, 2.05) is 29.2 Å². The third-order valence-corrected chi connectivity index (χ3v) is 5.84. The topological polar surface area (TPSA) is 65.9 Å². The molecule has 8 heteroatoms. The molecule has 6 nitrogen and oxygen atoms in total. The first-order chi connectivity index (χ1) is 14.0. The maximum Gasteiger partial charge on any atom is 0.203 e. The molecule has 2 aliphatic heterocycles. The number of ketones is 1. The zero-order chi connectivity index (χ0) is 20.5. The number of carbonyl (C=O) groups is 1. The number of benzene rings is 1. The number of nitrogens with zero attached hydrogens (tertiary/aromatic N) is 3. The molecule has 0 bridgehead atoms. The van der Waals surface area contributed by atoms with E-state index in [4.69, 9.17) is 16.3 Å². The van der Waals surface area contributed by atoms with Crippen LogP contribution in [-0.4, -0.2) is 45.8 Å². The summed E-state index contributed by atoms with van der Waals surface area (Å²) in [5.41, 5.74) is 2.07. The zero-order valence-electron chi connectivity index (χ0n) is 15.6. The first kappa shape index (κ1) is 20.1. The van der Waals surface area contributed by atoms with Crippen LogP contribution in [-0.2, 0) is 11.2 Å². The standard InChI is InChI=1S/C21H19BrClN3O3/c1-29-17-7-6-14(22)11-15(17)20-21(27)16-4-2-3-9-25(16)19(26(20)28)10-13-5-8-18(23)24-12-13/h2-8,11-12,19-20,28H,9-10H2,1H3. The zero-order valence-corrected chi connectivity index (χ0v) is 18.0. The molecule has 0 radical (unpaired) electrons. The van der Waals surface area contributed by atoms with Gasteiger partial charge in [0.15, 0.2) is 0 Å². The molecule has 29 heavy (non-hydrogen) atoms. The normalized spacial score (nSPS) is 21.7. The fraction of sp³-hybridized carbons (Fsp3) is 0.238. The van der Waals surface area contributed by atoms with Crippen LogP contribution >= 0.6 is 27.5 Å². The van der Waals surface area contributed by atoms with Crippen molar-refractivity contribution in [2.24, 2.45) is 0 Å². The smallest absolute Gasteiger partial charge is 0.203 e. The van der Waals surface area contributed by atoms with Crippen molar-refractivity contribution < 1.29 is 14.7 Å². The number of rotatable bonds is 4. The third kappa shape index (κ3) is 3.83. The summed E-state index contributed by atoms with van der Waals surface area (Å²) in [6, 6.07) is 8.12. The second-order valence-corrected chi connectivity index (χ2v) is 8.14. The molecule has 1 aromatic carbocycles. The number of aromatic nitrogens is 1. The number of pyridine rings is 1. The van der Waals surface area contributed by atoms with E-state index in [0.29, 0.717) is 35.1 Å². The molecular weight excluding hydrogens is 458 g/mol. The molecule has 2 unspecified atom stereocenters. The third-order valence-electron chi connectivity index (χ3n) is 5.13. The highest BCUT2D eigenvalue weighted by molar-refractivity contribution is 9.10. The minimum Gasteiger partial charge on any atom is -0.496 e. The minimum atomic E-state index is -0.887. The number of ether oxygens (including phenoxy) is 1. The van der Waals surface area contributed by atoms with Crippen LogP contribution in [0.15, 0.2) is 64.9 Å². The average Bonchev–Trinajstić information content (AvgIpc) is 2.73. The summed E-state index contributed by atoms with van der Waals surface area (Å²) in [5, 5.41) is 12.8. The van der Waals surface area contributed by atoms with Crippen LogP contribution in [0.25, 0.3) is 0 Å². The van der Waals surface area contributed by atoms with Crippen LogP contribution in [0.5, 0.6) is 5.75 Å². The summed E-state index contributed by atoms with van der Waals surface area (Å²) < 4.78 is 6.27. The van der Waals surface area contributed by atoms with E-state index in [2.05, 4.69) is 20.9 Å². The molecule has 3 heterocycles. The van der Waals surface area contributed by atoms with E-state index in [1.54, 1.807) is 37.6 Å². The Balaban J connectivity index is 1.77. The Kier molecular flexibility index (Phi) is 5.74. The van der Waals surface area contributed by atoms with E-state index in [1.165, 1.54) is 0 Å². The number of hydrogen-bond donors (Lipinski definition) is 1. The maximum absolute atomic E-state index is 13.3. The van der Waals surface area contributed by atoms with E-state index < -0.39 is 12.2 Å². The Morgan fingerprint density at radius 2 is 2.17 bits per heavy atom. The Hall–Kier alpha value is -2.19. The van der Waals surface area contributed by atoms with E-state index in [-0.39, 0.29) is 5.78 Å². The highest BCUT2D eigenvalue weighted by Gasteiger charge is 2.45. The van der Waals surface area contributed by atoms with Crippen LogP contribution < -0.4 is 4.74 Å². The molecular formula is C21H19BrClN3O3. The van der Waals surface area contributed by atoms with Crippen LogP contribution in [0.3, 0.4) is 0 Å². The van der Waals surface area contributed by atoms with Gasteiger partial charge in [0, 0.05) is 29.2 Å². The summed E-state index contributed by atoms with van der Waals surface area (Å²) in [4.78, 5) is 19.4. The van der Waals surface area contributed by atoms with Crippen LogP contribution in [0.1, 0.15) is 17.2 Å². The molecule has 2 atom stereocenters. The van der Waals surface area contributed by atoms with Crippen molar-refractivity contribution in [2.75, 3.05) is 13.7 Å². The fourth-order valence-electron chi connectivity index (χ4n) is 3.75. The Morgan fingerprint density at radius 3 is 2.90 bits per heavy atom. The van der Waals surface area contributed by atoms with Gasteiger partial charge in [-0.3, -0.25) is 4.79 Å². The molecule has 150 valence electrons. The van der Waals surface area contributed by atoms with Crippen LogP contribution in [0, 0.1) is 0 Å². The van der Waals surface area contributed by atoms with Gasteiger partial charge in [0.1, 0.15) is 23.1 Å². The lowest BCUT2D eigenvalue weighted by atomic mass is 9.92. The van der Waals surface area contributed by atoms with Crippen molar-refractivity contribution in [3.63, 3.8) is 0 Å². The van der Waals surface area contributed by atoms with Gasteiger partial charge in [0.2, 0.25) is 5.78 Å². The predicted octanol–water partition coefficient (Wildman–Crippen LogP) is 4.15. The summed E-state index contributed by atoms with van der Waals surface area (Å²) in [7, 11) is 1.55. The first-order valence-electron chi connectivity index (χ1n) is 9.08. The number of hydroxylamine groups is 2. The van der Waals surface area contributed by atoms with Crippen LogP contribution in [0.2, 0.25) is 5.15 Å². The average molecular weight is 477 g/mol. The number of allylic oxidation sites excluding steroid dienone is 2. The maximum atomic E-state index is 13.3. The van der Waals surface area contributed by atoms with Gasteiger partial charge in [0.25, 0.3) is 0 Å². The summed E-state index contributed by atoms with van der Waals surface area (Å²) in [5.74, 6) is 0.358. The summed E-state index contributed by atoms with van der Waals surface area (Å²) in [6.07, 6.45) is 7.31. The van der Waals surface area contributed by atoms with Crippen molar-refractivity contribution in [1.82, 2.24) is 14.9 Å². The molecule has 2 aliphatic rings. The number of methoxy groups -OCH3 is 1. The Bertz CT molecular complexity index is 993. The first-order valence-corrected chi connectivity index (χ1v) is 10.3. The van der Waals surface area contributed by atoms with Crippen molar-refractivity contribution >= 4 is 33.3 Å². The van der Waals surface area contributed by atoms with Gasteiger partial charge in [-0.1, -0.05) is 45.7 Å². The van der Waals surface area contributed by atoms with E-state index in [9.17, 15) is 10.0 Å². The lowest BCUT2D eigenvalue weighted by Gasteiger charge is -2.47. The van der Waals surface area contributed by atoms with Crippen LogP contribution in [0.4, 0.5) is 0 Å². The lowest BCUT2D eigenvalue weighted by molar-refractivity contribution is -0.209. The van der Waals surface area contributed by atoms with Crippen molar-refractivity contribution in [2.45, 2.75) is 18.6 Å². The van der Waals surface area contributed by atoms with Gasteiger partial charge in [-0.2, -0.15) is 5.06 Å². The molecule has 1 saturated heterocycles. The van der Waals surface area contributed by atoms with Gasteiger partial charge in [-0.05, 0) is 35.9 Å². The molecule has 0 aliphatic carbocycles. The largest absolute Gasteiger partial charge is 0.496 e. The lowest BCUT2D eigenvalue weighted by Crippen LogP contribution is -2.57. The van der Waals surface area contributed by atoms with E-state index in [0.717, 1.165) is 15.1 Å². The molecule has 2 aromatic rings. The predicted molar refractivity (Wildman–Crippen MR) is 113 cm³/mol. The second kappa shape index (κ2) is 8.28. The van der Waals surface area contributed by atoms with Crippen molar-refractivity contribution in [1.29, 1.82) is 0 Å². The SMILES string of the molecule is COc1ccc(Br)cc1C1C(=O)C2=CC=CCN2C(Cc2ccc(Cl)nc2)N1O.